The summed E-state index contributed by atoms with van der Waals surface area (Å²) in [6.07, 6.45) is 0. The number of carbonyl (C=O) groups excluding carboxylic acids is 2. The van der Waals surface area contributed by atoms with Crippen LogP contribution < -0.4 is 5.32 Å². The van der Waals surface area contributed by atoms with E-state index in [-0.39, 0.29) is 0 Å². The topological polar surface area (TPSA) is 86.1 Å². The molecule has 0 atom stereocenters. The highest BCUT2D eigenvalue weighted by Gasteiger charge is 2.21. The normalized spacial score (nSPS) is 10.8. The molecular weight excluding hydrogens is 460 g/mol. The van der Waals surface area contributed by atoms with Crippen LogP contribution in [0.5, 0.6) is 0 Å². The van der Waals surface area contributed by atoms with Crippen molar-refractivity contribution in [3.63, 3.8) is 0 Å². The minimum absolute atomic E-state index is 0.322. The van der Waals surface area contributed by atoms with Crippen LogP contribution in [0.2, 0.25) is 0 Å². The first-order valence-electron chi connectivity index (χ1n) is 9.55. The van der Waals surface area contributed by atoms with Crippen LogP contribution in [0.25, 0.3) is 22.3 Å². The first kappa shape index (κ1) is 20.7. The van der Waals surface area contributed by atoms with Crippen molar-refractivity contribution in [3.05, 3.63) is 76.4 Å². The largest absolute Gasteiger partial charge is 0.452 e. The van der Waals surface area contributed by atoms with Gasteiger partial charge in [-0.2, -0.15) is 5.10 Å². The zero-order chi connectivity index (χ0) is 22.0. The quantitative estimate of drug-likeness (QED) is 0.426. The lowest BCUT2D eigenvalue weighted by molar-refractivity contribution is -0.119. The number of hydrogen-bond donors (Lipinski definition) is 1. The molecule has 7 nitrogen and oxygen atoms in total. The number of rotatable bonds is 5. The third kappa shape index (κ3) is 4.34. The number of aryl methyl sites for hydroxylation is 2. The molecule has 0 aliphatic rings. The highest BCUT2D eigenvalue weighted by Crippen LogP contribution is 2.27. The molecule has 31 heavy (non-hydrogen) atoms. The van der Waals surface area contributed by atoms with E-state index < -0.39 is 18.5 Å². The Balaban J connectivity index is 1.61. The maximum Gasteiger partial charge on any atom is 0.339 e. The van der Waals surface area contributed by atoms with E-state index in [9.17, 15) is 9.59 Å². The van der Waals surface area contributed by atoms with Gasteiger partial charge in [0.25, 0.3) is 5.91 Å². The second kappa shape index (κ2) is 8.69. The van der Waals surface area contributed by atoms with Crippen LogP contribution in [0.3, 0.4) is 0 Å². The van der Waals surface area contributed by atoms with E-state index in [1.807, 2.05) is 49.4 Å². The van der Waals surface area contributed by atoms with E-state index in [0.717, 1.165) is 10.0 Å². The Kier molecular flexibility index (Phi) is 5.81. The minimum atomic E-state index is -0.608. The molecule has 2 aromatic heterocycles. The zero-order valence-electron chi connectivity index (χ0n) is 16.9. The molecule has 0 saturated carbocycles. The van der Waals surface area contributed by atoms with Gasteiger partial charge in [-0.05, 0) is 41.1 Å². The highest BCUT2D eigenvalue weighted by molar-refractivity contribution is 9.10. The number of nitrogens with zero attached hydrogens (tertiary/aromatic N) is 3. The lowest BCUT2D eigenvalue weighted by Crippen LogP contribution is -2.21. The number of amides is 1. The van der Waals surface area contributed by atoms with E-state index in [1.165, 1.54) is 0 Å². The monoisotopic (exact) mass is 478 g/mol. The molecule has 4 aromatic rings. The van der Waals surface area contributed by atoms with Crippen molar-refractivity contribution in [1.82, 2.24) is 14.8 Å². The molecule has 0 bridgehead atoms. The Bertz CT molecular complexity index is 1280. The van der Waals surface area contributed by atoms with E-state index in [2.05, 4.69) is 31.3 Å². The lowest BCUT2D eigenvalue weighted by Gasteiger charge is -2.10. The molecule has 0 aliphatic heterocycles. The van der Waals surface area contributed by atoms with E-state index in [0.29, 0.717) is 33.7 Å². The summed E-state index contributed by atoms with van der Waals surface area (Å²) in [6.45, 7) is 1.40. The van der Waals surface area contributed by atoms with Crippen molar-refractivity contribution < 1.29 is 14.3 Å². The maximum atomic E-state index is 13.0. The van der Waals surface area contributed by atoms with Gasteiger partial charge in [0.1, 0.15) is 0 Å². The third-order valence-corrected chi connectivity index (χ3v) is 5.43. The van der Waals surface area contributed by atoms with Gasteiger partial charge in [0, 0.05) is 17.1 Å². The first-order chi connectivity index (χ1) is 14.9. The molecule has 4 rings (SSSR count). The molecule has 156 valence electrons. The maximum absolute atomic E-state index is 13.0. The number of para-hydroxylation sites is 1. The molecule has 0 spiro atoms. The summed E-state index contributed by atoms with van der Waals surface area (Å²) in [7, 11) is 1.78. The van der Waals surface area contributed by atoms with Gasteiger partial charge in [0.2, 0.25) is 0 Å². The smallest absolute Gasteiger partial charge is 0.339 e. The van der Waals surface area contributed by atoms with Crippen molar-refractivity contribution in [2.75, 3.05) is 11.9 Å². The Hall–Kier alpha value is -3.52. The van der Waals surface area contributed by atoms with Crippen LogP contribution in [0.4, 0.5) is 5.69 Å². The van der Waals surface area contributed by atoms with Crippen molar-refractivity contribution in [2.24, 2.45) is 7.05 Å². The number of pyridine rings is 1. The lowest BCUT2D eigenvalue weighted by atomic mass is 10.1. The molecule has 0 saturated heterocycles. The summed E-state index contributed by atoms with van der Waals surface area (Å²) < 4.78 is 7.71. The van der Waals surface area contributed by atoms with Gasteiger partial charge in [0.05, 0.1) is 28.0 Å². The van der Waals surface area contributed by atoms with Gasteiger partial charge in [-0.3, -0.25) is 9.48 Å². The predicted molar refractivity (Wildman–Crippen MR) is 122 cm³/mol. The second-order valence-electron chi connectivity index (χ2n) is 6.93. The van der Waals surface area contributed by atoms with Crippen LogP contribution in [-0.2, 0) is 16.6 Å². The molecule has 2 aromatic carbocycles. The SMILES string of the molecule is Cc1nn(C)c2nc(-c3ccccc3)cc(C(=O)OCC(=O)Nc3ccccc3Br)c12. The van der Waals surface area contributed by atoms with Gasteiger partial charge in [-0.1, -0.05) is 42.5 Å². The van der Waals surface area contributed by atoms with E-state index >= 15 is 0 Å². The average Bonchev–Trinajstić information content (AvgIpc) is 3.07. The third-order valence-electron chi connectivity index (χ3n) is 4.74. The van der Waals surface area contributed by atoms with Crippen LogP contribution in [-0.4, -0.2) is 33.2 Å². The number of hydrogen-bond acceptors (Lipinski definition) is 5. The fourth-order valence-corrected chi connectivity index (χ4v) is 3.70. The summed E-state index contributed by atoms with van der Waals surface area (Å²) in [6, 6.07) is 18.4. The highest BCUT2D eigenvalue weighted by atomic mass is 79.9. The van der Waals surface area contributed by atoms with Crippen molar-refractivity contribution in [1.29, 1.82) is 0 Å². The molecule has 1 N–H and O–H groups in total. The van der Waals surface area contributed by atoms with Crippen molar-refractivity contribution >= 4 is 44.5 Å². The number of anilines is 1. The predicted octanol–water partition coefficient (Wildman–Crippen LogP) is 4.50. The Morgan fingerprint density at radius 1 is 1.10 bits per heavy atom. The summed E-state index contributed by atoms with van der Waals surface area (Å²) in [5, 5.41) is 7.72. The van der Waals surface area contributed by atoms with Crippen LogP contribution in [0.1, 0.15) is 16.1 Å². The van der Waals surface area contributed by atoms with E-state index in [4.69, 9.17) is 4.74 Å². The Morgan fingerprint density at radius 2 is 1.81 bits per heavy atom. The molecule has 0 unspecified atom stereocenters. The number of carbonyl (C=O) groups is 2. The molecule has 0 aliphatic carbocycles. The number of benzene rings is 2. The number of nitrogens with one attached hydrogen (secondary N) is 1. The first-order valence-corrected chi connectivity index (χ1v) is 10.3. The summed E-state index contributed by atoms with van der Waals surface area (Å²) in [5.41, 5.74) is 3.65. The second-order valence-corrected chi connectivity index (χ2v) is 7.79. The number of halogens is 1. The van der Waals surface area contributed by atoms with Gasteiger partial charge in [-0.15, -0.1) is 0 Å². The molecule has 8 heteroatoms. The van der Waals surface area contributed by atoms with Crippen LogP contribution in [0, 0.1) is 6.92 Å². The fraction of sp³-hybridized carbons (Fsp3) is 0.130. The summed E-state index contributed by atoms with van der Waals surface area (Å²) >= 11 is 3.37. The van der Waals surface area contributed by atoms with Crippen LogP contribution >= 0.6 is 15.9 Å². The standard InChI is InChI=1S/C23H19BrN4O3/c1-14-21-16(23(30)31-13-20(29)25-18-11-7-6-10-17(18)24)12-19(15-8-4-3-5-9-15)26-22(21)28(2)27-14/h3-12H,13H2,1-2H3,(H,25,29). The molecule has 0 fully saturated rings. The van der Waals surface area contributed by atoms with Crippen LogP contribution in [0.15, 0.2) is 65.1 Å². The average molecular weight is 479 g/mol. The van der Waals surface area contributed by atoms with E-state index in [1.54, 1.807) is 29.9 Å². The molecule has 0 radical (unpaired) electrons. The number of fused-ring (bicyclic) bond motifs is 1. The Morgan fingerprint density at radius 3 is 2.55 bits per heavy atom. The van der Waals surface area contributed by atoms with Gasteiger partial charge < -0.3 is 10.1 Å². The molecular formula is C23H19BrN4O3. The number of ether oxygens (including phenoxy) is 1. The van der Waals surface area contributed by atoms with Gasteiger partial charge in [0.15, 0.2) is 12.3 Å². The molecule has 2 heterocycles. The summed E-state index contributed by atoms with van der Waals surface area (Å²) in [5.74, 6) is -1.04. The van der Waals surface area contributed by atoms with Crippen molar-refractivity contribution in [3.8, 4) is 11.3 Å². The molecule has 1 amide bonds. The number of esters is 1. The Labute approximate surface area is 187 Å². The summed E-state index contributed by atoms with van der Waals surface area (Å²) in [4.78, 5) is 29.9. The van der Waals surface area contributed by atoms with Gasteiger partial charge >= 0.3 is 5.97 Å². The minimum Gasteiger partial charge on any atom is -0.452 e. The van der Waals surface area contributed by atoms with Gasteiger partial charge in [-0.25, -0.2) is 9.78 Å². The number of aromatic nitrogens is 3. The fourth-order valence-electron chi connectivity index (χ4n) is 3.32. The zero-order valence-corrected chi connectivity index (χ0v) is 18.5. The van der Waals surface area contributed by atoms with Crippen molar-refractivity contribution in [2.45, 2.75) is 6.92 Å².